The zero-order valence-corrected chi connectivity index (χ0v) is 14.9. The number of carbonyl (C=O) groups is 1. The maximum absolute atomic E-state index is 13.6. The molecule has 2 heterocycles. The van der Waals surface area contributed by atoms with Crippen molar-refractivity contribution in [3.05, 3.63) is 34.5 Å². The van der Waals surface area contributed by atoms with Crippen molar-refractivity contribution in [3.63, 3.8) is 0 Å². The Kier molecular flexibility index (Phi) is 4.85. The first-order chi connectivity index (χ1) is 12.7. The summed E-state index contributed by atoms with van der Waals surface area (Å²) in [5.74, 6) is -0.910. The van der Waals surface area contributed by atoms with Gasteiger partial charge in [-0.15, -0.1) is 0 Å². The molecule has 2 atom stereocenters. The Labute approximate surface area is 156 Å². The number of rotatable bonds is 4. The maximum Gasteiger partial charge on any atom is 0.410 e. The molecule has 0 amide bonds. The van der Waals surface area contributed by atoms with Crippen LogP contribution in [0, 0.1) is 0 Å². The van der Waals surface area contributed by atoms with Gasteiger partial charge in [0.15, 0.2) is 23.2 Å². The van der Waals surface area contributed by atoms with Gasteiger partial charge in [0.05, 0.1) is 20.3 Å². The molecule has 0 aliphatic carbocycles. The lowest BCUT2D eigenvalue weighted by molar-refractivity contribution is -0.173. The van der Waals surface area contributed by atoms with Crippen molar-refractivity contribution in [2.75, 3.05) is 19.5 Å². The van der Waals surface area contributed by atoms with E-state index in [9.17, 15) is 18.0 Å². The maximum atomic E-state index is 13.6. The van der Waals surface area contributed by atoms with Gasteiger partial charge in [0.1, 0.15) is 10.8 Å². The number of methoxy groups -OCH3 is 2. The van der Waals surface area contributed by atoms with Crippen LogP contribution in [-0.4, -0.2) is 41.3 Å². The molecule has 0 radical (unpaired) electrons. The van der Waals surface area contributed by atoms with E-state index < -0.39 is 36.3 Å². The van der Waals surface area contributed by atoms with Crippen molar-refractivity contribution in [2.24, 2.45) is 0 Å². The van der Waals surface area contributed by atoms with Crippen molar-refractivity contribution in [1.82, 2.24) is 9.78 Å². The van der Waals surface area contributed by atoms with E-state index in [0.29, 0.717) is 21.7 Å². The molecule has 146 valence electrons. The number of anilines is 1. The van der Waals surface area contributed by atoms with E-state index in [1.807, 2.05) is 0 Å². The normalized spacial score (nSPS) is 19.2. The molecule has 0 saturated carbocycles. The van der Waals surface area contributed by atoms with Gasteiger partial charge in [-0.1, -0.05) is 17.7 Å². The molecule has 0 spiro atoms. The quantitative estimate of drug-likeness (QED) is 0.802. The van der Waals surface area contributed by atoms with Gasteiger partial charge in [-0.3, -0.25) is 0 Å². The third-order valence-electron chi connectivity index (χ3n) is 4.31. The molecule has 3 rings (SSSR count). The predicted molar refractivity (Wildman–Crippen MR) is 89.8 cm³/mol. The van der Waals surface area contributed by atoms with Crippen LogP contribution in [-0.2, 0) is 0 Å². The Morgan fingerprint density at radius 2 is 2.00 bits per heavy atom. The number of nitrogens with zero attached hydrogens (tertiary/aromatic N) is 2. The Bertz CT molecular complexity index is 885. The lowest BCUT2D eigenvalue weighted by Crippen LogP contribution is -2.35. The van der Waals surface area contributed by atoms with Crippen LogP contribution in [0.4, 0.5) is 19.0 Å². The largest absolute Gasteiger partial charge is 0.493 e. The average Bonchev–Trinajstić information content (AvgIpc) is 2.96. The SMILES string of the molecule is COc1ccc([C@@H]2C[C@H](C(F)(F)F)n3nc(C(=O)O)c(Cl)c3N2)cc1OC. The van der Waals surface area contributed by atoms with Crippen LogP contribution in [0.5, 0.6) is 11.5 Å². The van der Waals surface area contributed by atoms with Crippen molar-refractivity contribution in [3.8, 4) is 11.5 Å². The lowest BCUT2D eigenvalue weighted by atomic mass is 9.96. The molecular weight excluding hydrogens is 391 g/mol. The lowest BCUT2D eigenvalue weighted by Gasteiger charge is -2.33. The van der Waals surface area contributed by atoms with Gasteiger partial charge in [0.25, 0.3) is 0 Å². The second-order valence-electron chi connectivity index (χ2n) is 5.87. The highest BCUT2D eigenvalue weighted by Gasteiger charge is 2.48. The fraction of sp³-hybridized carbons (Fsp3) is 0.375. The highest BCUT2D eigenvalue weighted by atomic mass is 35.5. The first-order valence-corrected chi connectivity index (χ1v) is 8.11. The molecule has 0 unspecified atom stereocenters. The summed E-state index contributed by atoms with van der Waals surface area (Å²) in [7, 11) is 2.86. The van der Waals surface area contributed by atoms with E-state index in [0.717, 1.165) is 0 Å². The zero-order valence-electron chi connectivity index (χ0n) is 14.2. The van der Waals surface area contributed by atoms with E-state index in [-0.39, 0.29) is 10.8 Å². The number of halogens is 4. The molecule has 1 aliphatic heterocycles. The Morgan fingerprint density at radius 1 is 1.33 bits per heavy atom. The Hall–Kier alpha value is -2.62. The smallest absolute Gasteiger partial charge is 0.410 e. The fourth-order valence-corrected chi connectivity index (χ4v) is 3.27. The van der Waals surface area contributed by atoms with Gasteiger partial charge in [-0.05, 0) is 17.7 Å². The summed E-state index contributed by atoms with van der Waals surface area (Å²) in [5, 5.41) is 15.1. The third-order valence-corrected chi connectivity index (χ3v) is 4.67. The van der Waals surface area contributed by atoms with Crippen LogP contribution < -0.4 is 14.8 Å². The van der Waals surface area contributed by atoms with Gasteiger partial charge < -0.3 is 19.9 Å². The molecule has 1 aliphatic rings. The van der Waals surface area contributed by atoms with Crippen LogP contribution in [0.15, 0.2) is 18.2 Å². The topological polar surface area (TPSA) is 85.6 Å². The second-order valence-corrected chi connectivity index (χ2v) is 6.24. The minimum atomic E-state index is -4.64. The summed E-state index contributed by atoms with van der Waals surface area (Å²) < 4.78 is 51.7. The number of benzene rings is 1. The number of nitrogens with one attached hydrogen (secondary N) is 1. The summed E-state index contributed by atoms with van der Waals surface area (Å²) in [5.41, 5.74) is -0.135. The first-order valence-electron chi connectivity index (χ1n) is 7.73. The van der Waals surface area contributed by atoms with Crippen molar-refractivity contribution < 1.29 is 32.5 Å². The molecular formula is C16H15ClF3N3O4. The summed E-state index contributed by atoms with van der Waals surface area (Å²) in [6, 6.07) is 1.92. The molecule has 27 heavy (non-hydrogen) atoms. The third kappa shape index (κ3) is 3.36. The number of ether oxygens (including phenoxy) is 2. The number of hydrogen-bond acceptors (Lipinski definition) is 5. The minimum Gasteiger partial charge on any atom is -0.493 e. The van der Waals surface area contributed by atoms with Gasteiger partial charge in [-0.25, -0.2) is 9.48 Å². The molecule has 1 aromatic heterocycles. The Morgan fingerprint density at radius 3 is 2.56 bits per heavy atom. The van der Waals surface area contributed by atoms with Gasteiger partial charge in [0, 0.05) is 6.42 Å². The number of carboxylic acids is 1. The second kappa shape index (κ2) is 6.84. The molecule has 2 aromatic rings. The monoisotopic (exact) mass is 405 g/mol. The van der Waals surface area contributed by atoms with Crippen LogP contribution in [0.3, 0.4) is 0 Å². The molecule has 11 heteroatoms. The highest BCUT2D eigenvalue weighted by Crippen LogP contribution is 2.47. The van der Waals surface area contributed by atoms with Gasteiger partial charge in [0.2, 0.25) is 0 Å². The fourth-order valence-electron chi connectivity index (χ4n) is 3.01. The molecule has 1 aromatic carbocycles. The molecule has 0 fully saturated rings. The predicted octanol–water partition coefficient (Wildman–Crippen LogP) is 3.91. The number of hydrogen-bond donors (Lipinski definition) is 2. The molecule has 7 nitrogen and oxygen atoms in total. The molecule has 0 saturated heterocycles. The summed E-state index contributed by atoms with van der Waals surface area (Å²) in [4.78, 5) is 11.2. The van der Waals surface area contributed by atoms with Gasteiger partial charge in [-0.2, -0.15) is 18.3 Å². The van der Waals surface area contributed by atoms with E-state index in [1.165, 1.54) is 14.2 Å². The van der Waals surface area contributed by atoms with E-state index in [1.54, 1.807) is 18.2 Å². The molecule has 0 bridgehead atoms. The van der Waals surface area contributed by atoms with Crippen LogP contribution in [0.2, 0.25) is 5.02 Å². The van der Waals surface area contributed by atoms with E-state index in [2.05, 4.69) is 10.4 Å². The minimum absolute atomic E-state index is 0.192. The van der Waals surface area contributed by atoms with Crippen LogP contribution >= 0.6 is 11.6 Å². The molecule has 2 N–H and O–H groups in total. The summed E-state index contributed by atoms with van der Waals surface area (Å²) in [6.45, 7) is 0. The number of fused-ring (bicyclic) bond motifs is 1. The van der Waals surface area contributed by atoms with E-state index in [4.69, 9.17) is 26.2 Å². The van der Waals surface area contributed by atoms with E-state index >= 15 is 0 Å². The van der Waals surface area contributed by atoms with Crippen molar-refractivity contribution in [2.45, 2.75) is 24.7 Å². The number of aromatic carboxylic acids is 1. The van der Waals surface area contributed by atoms with Crippen LogP contribution in [0.1, 0.15) is 34.6 Å². The highest BCUT2D eigenvalue weighted by molar-refractivity contribution is 6.35. The summed E-state index contributed by atoms with van der Waals surface area (Å²) in [6.07, 6.45) is -5.04. The zero-order chi connectivity index (χ0) is 19.9. The standard InChI is InChI=1S/C16H15ClF3N3O4/c1-26-9-4-3-7(5-10(9)27-2)8-6-11(16(18,19)20)23-14(21-8)12(17)13(22-23)15(24)25/h3-5,8,11,21H,6H2,1-2H3,(H,24,25)/t8-,11+/m0/s1. The van der Waals surface area contributed by atoms with Crippen LogP contribution in [0.25, 0.3) is 0 Å². The number of carboxylic acid groups (broad SMARTS) is 1. The average molecular weight is 406 g/mol. The van der Waals surface area contributed by atoms with Gasteiger partial charge >= 0.3 is 12.1 Å². The Balaban J connectivity index is 2.07. The number of alkyl halides is 3. The van der Waals surface area contributed by atoms with Crippen molar-refractivity contribution in [1.29, 1.82) is 0 Å². The first kappa shape index (κ1) is 19.2. The van der Waals surface area contributed by atoms with Crippen molar-refractivity contribution >= 4 is 23.4 Å². The number of aromatic nitrogens is 2. The summed E-state index contributed by atoms with van der Waals surface area (Å²) >= 11 is 5.97.